The number of hydrogen-bond acceptors (Lipinski definition) is 7. The minimum Gasteiger partial charge on any atom is -0.495 e. The van der Waals surface area contributed by atoms with Crippen LogP contribution >= 0.6 is 23.4 Å². The first kappa shape index (κ1) is 20.4. The van der Waals surface area contributed by atoms with Gasteiger partial charge in [-0.05, 0) is 30.7 Å². The van der Waals surface area contributed by atoms with Gasteiger partial charge in [-0.3, -0.25) is 9.36 Å². The van der Waals surface area contributed by atoms with Crippen LogP contribution in [0.5, 0.6) is 5.75 Å². The average molecular weight is 443 g/mol. The average Bonchev–Trinajstić information content (AvgIpc) is 3.22. The van der Waals surface area contributed by atoms with Crippen molar-refractivity contribution in [2.45, 2.75) is 31.2 Å². The number of aryl methyl sites for hydroxylation is 2. The van der Waals surface area contributed by atoms with E-state index in [-0.39, 0.29) is 5.56 Å². The summed E-state index contributed by atoms with van der Waals surface area (Å²) in [6.07, 6.45) is 0.689. The van der Waals surface area contributed by atoms with E-state index in [4.69, 9.17) is 25.8 Å². The molecule has 0 bridgehead atoms. The molecule has 9 heteroatoms. The van der Waals surface area contributed by atoms with Crippen molar-refractivity contribution in [1.82, 2.24) is 19.7 Å². The fourth-order valence-corrected chi connectivity index (χ4v) is 4.02. The van der Waals surface area contributed by atoms with Crippen LogP contribution in [0.3, 0.4) is 0 Å². The minimum absolute atomic E-state index is 0.192. The molecule has 0 aliphatic carbocycles. The Hall–Kier alpha value is -2.84. The molecule has 30 heavy (non-hydrogen) atoms. The lowest BCUT2D eigenvalue weighted by molar-refractivity contribution is 0.385. The van der Waals surface area contributed by atoms with Crippen molar-refractivity contribution in [2.24, 2.45) is 0 Å². The van der Waals surface area contributed by atoms with Gasteiger partial charge in [0.15, 0.2) is 11.0 Å². The van der Waals surface area contributed by atoms with Gasteiger partial charge in [-0.15, -0.1) is 0 Å². The van der Waals surface area contributed by atoms with E-state index in [1.165, 1.54) is 11.8 Å². The van der Waals surface area contributed by atoms with Gasteiger partial charge in [-0.25, -0.2) is 4.98 Å². The van der Waals surface area contributed by atoms with E-state index >= 15 is 0 Å². The highest BCUT2D eigenvalue weighted by atomic mass is 35.5. The molecule has 2 aromatic heterocycles. The van der Waals surface area contributed by atoms with Crippen LogP contribution in [0, 0.1) is 6.92 Å². The molecular formula is C21H19ClN4O3S. The van der Waals surface area contributed by atoms with Crippen LogP contribution in [-0.4, -0.2) is 26.8 Å². The van der Waals surface area contributed by atoms with Gasteiger partial charge in [0.25, 0.3) is 5.56 Å². The summed E-state index contributed by atoms with van der Waals surface area (Å²) in [6, 6.07) is 10.8. The van der Waals surface area contributed by atoms with Crippen LogP contribution in [0.2, 0.25) is 5.02 Å². The highest BCUT2D eigenvalue weighted by molar-refractivity contribution is 7.98. The second-order valence-corrected chi connectivity index (χ2v) is 7.92. The molecule has 0 saturated carbocycles. The Morgan fingerprint density at radius 3 is 2.77 bits per heavy atom. The van der Waals surface area contributed by atoms with Gasteiger partial charge in [0, 0.05) is 17.5 Å². The summed E-state index contributed by atoms with van der Waals surface area (Å²) in [5.74, 6) is 1.99. The maximum Gasteiger partial charge on any atom is 0.266 e. The zero-order valence-electron chi connectivity index (χ0n) is 16.7. The molecule has 0 fully saturated rings. The molecule has 0 atom stereocenters. The van der Waals surface area contributed by atoms with Gasteiger partial charge in [0.2, 0.25) is 5.89 Å². The molecule has 154 valence electrons. The van der Waals surface area contributed by atoms with Crippen molar-refractivity contribution in [1.29, 1.82) is 0 Å². The van der Waals surface area contributed by atoms with Gasteiger partial charge in [0.05, 0.1) is 29.5 Å². The smallest absolute Gasteiger partial charge is 0.266 e. The summed E-state index contributed by atoms with van der Waals surface area (Å²) >= 11 is 7.61. The number of ether oxygens (including phenoxy) is 1. The molecule has 7 nitrogen and oxygen atoms in total. The number of nitrogens with zero attached hydrogens (tertiary/aromatic N) is 4. The molecule has 4 rings (SSSR count). The zero-order chi connectivity index (χ0) is 21.3. The molecule has 0 aliphatic rings. The van der Waals surface area contributed by atoms with Gasteiger partial charge >= 0.3 is 0 Å². The van der Waals surface area contributed by atoms with Crippen molar-refractivity contribution in [3.8, 4) is 11.4 Å². The third kappa shape index (κ3) is 3.80. The first-order valence-corrected chi connectivity index (χ1v) is 10.7. The van der Waals surface area contributed by atoms with Crippen LogP contribution in [0.1, 0.15) is 24.2 Å². The SMILES string of the molecule is CCc1noc(CSc2nc3ccccc3c(=O)n2-c2cc(C)c(Cl)cc2OC)n1. The number of halogens is 1. The topological polar surface area (TPSA) is 83.0 Å². The third-order valence-corrected chi connectivity index (χ3v) is 5.93. The van der Waals surface area contributed by atoms with E-state index in [2.05, 4.69) is 10.1 Å². The van der Waals surface area contributed by atoms with Crippen molar-refractivity contribution in [3.05, 3.63) is 69.1 Å². The molecule has 2 aromatic carbocycles. The summed E-state index contributed by atoms with van der Waals surface area (Å²) in [4.78, 5) is 22.5. The number of benzene rings is 2. The Balaban J connectivity index is 1.89. The van der Waals surface area contributed by atoms with Gasteiger partial charge in [0.1, 0.15) is 5.75 Å². The lowest BCUT2D eigenvalue weighted by atomic mass is 10.2. The van der Waals surface area contributed by atoms with Crippen LogP contribution in [-0.2, 0) is 12.2 Å². The van der Waals surface area contributed by atoms with E-state index in [1.54, 1.807) is 23.8 Å². The second-order valence-electron chi connectivity index (χ2n) is 6.57. The summed E-state index contributed by atoms with van der Waals surface area (Å²) in [5, 5.41) is 5.49. The number of fused-ring (bicyclic) bond motifs is 1. The van der Waals surface area contributed by atoms with Crippen LogP contribution in [0.25, 0.3) is 16.6 Å². The predicted octanol–water partition coefficient (Wildman–Crippen LogP) is 4.59. The first-order chi connectivity index (χ1) is 14.5. The highest BCUT2D eigenvalue weighted by Crippen LogP contribution is 2.32. The molecule has 0 radical (unpaired) electrons. The predicted molar refractivity (Wildman–Crippen MR) is 117 cm³/mol. The van der Waals surface area contributed by atoms with Crippen LogP contribution in [0.15, 0.2) is 50.9 Å². The fraction of sp³-hybridized carbons (Fsp3) is 0.238. The van der Waals surface area contributed by atoms with Crippen LogP contribution < -0.4 is 10.3 Å². The number of aromatic nitrogens is 4. The fourth-order valence-electron chi connectivity index (χ4n) is 3.03. The number of para-hydroxylation sites is 1. The maximum absolute atomic E-state index is 13.4. The summed E-state index contributed by atoms with van der Waals surface area (Å²) in [5.41, 5.74) is 1.83. The lowest BCUT2D eigenvalue weighted by Crippen LogP contribution is -2.22. The molecule has 0 saturated heterocycles. The standard InChI is InChI=1S/C21H19ClN4O3S/c1-4-18-24-19(29-25-18)11-30-21-23-15-8-6-5-7-13(15)20(27)26(21)16-9-12(2)14(22)10-17(16)28-3/h5-10H,4,11H2,1-3H3. The number of rotatable bonds is 6. The molecule has 0 amide bonds. The van der Waals surface area contributed by atoms with E-state index < -0.39 is 0 Å². The molecule has 0 unspecified atom stereocenters. The molecule has 2 heterocycles. The molecule has 0 aliphatic heterocycles. The van der Waals surface area contributed by atoms with E-state index in [1.807, 2.05) is 38.1 Å². The Morgan fingerprint density at radius 1 is 1.23 bits per heavy atom. The quantitative estimate of drug-likeness (QED) is 0.319. The van der Waals surface area contributed by atoms with Gasteiger partial charge in [-0.2, -0.15) is 4.98 Å². The number of thioether (sulfide) groups is 1. The van der Waals surface area contributed by atoms with Gasteiger partial charge < -0.3 is 9.26 Å². The largest absolute Gasteiger partial charge is 0.495 e. The second kappa shape index (κ2) is 8.49. The molecular weight excluding hydrogens is 424 g/mol. The van der Waals surface area contributed by atoms with E-state index in [0.717, 1.165) is 5.56 Å². The molecule has 0 N–H and O–H groups in total. The normalized spacial score (nSPS) is 11.2. The monoisotopic (exact) mass is 442 g/mol. The lowest BCUT2D eigenvalue weighted by Gasteiger charge is -2.16. The number of hydrogen-bond donors (Lipinski definition) is 0. The van der Waals surface area contributed by atoms with Crippen molar-refractivity contribution in [2.75, 3.05) is 7.11 Å². The summed E-state index contributed by atoms with van der Waals surface area (Å²) < 4.78 is 12.3. The van der Waals surface area contributed by atoms with Gasteiger partial charge in [-0.1, -0.05) is 47.6 Å². The summed E-state index contributed by atoms with van der Waals surface area (Å²) in [7, 11) is 1.54. The Kier molecular flexibility index (Phi) is 5.78. The van der Waals surface area contributed by atoms with Crippen LogP contribution in [0.4, 0.5) is 0 Å². The Labute approximate surface area is 182 Å². The maximum atomic E-state index is 13.4. The Bertz CT molecular complexity index is 1290. The zero-order valence-corrected chi connectivity index (χ0v) is 18.3. The molecule has 4 aromatic rings. The van der Waals surface area contributed by atoms with E-state index in [9.17, 15) is 4.79 Å². The number of methoxy groups -OCH3 is 1. The van der Waals surface area contributed by atoms with Crippen molar-refractivity contribution in [3.63, 3.8) is 0 Å². The van der Waals surface area contributed by atoms with Crippen molar-refractivity contribution < 1.29 is 9.26 Å². The van der Waals surface area contributed by atoms with Crippen molar-refractivity contribution >= 4 is 34.3 Å². The Morgan fingerprint density at radius 2 is 2.03 bits per heavy atom. The summed E-state index contributed by atoms with van der Waals surface area (Å²) in [6.45, 7) is 3.84. The first-order valence-electron chi connectivity index (χ1n) is 9.32. The third-order valence-electron chi connectivity index (χ3n) is 4.60. The minimum atomic E-state index is -0.192. The van der Waals surface area contributed by atoms with E-state index in [0.29, 0.717) is 56.4 Å². The highest BCUT2D eigenvalue weighted by Gasteiger charge is 2.19. The molecule has 0 spiro atoms.